The van der Waals surface area contributed by atoms with E-state index in [4.69, 9.17) is 4.74 Å². The zero-order valence-electron chi connectivity index (χ0n) is 13.0. The van der Waals surface area contributed by atoms with Crippen LogP contribution in [0.25, 0.3) is 0 Å². The first-order valence-corrected chi connectivity index (χ1v) is 7.44. The molecular formula is C17H23NO2. The van der Waals surface area contributed by atoms with Gasteiger partial charge in [-0.2, -0.15) is 0 Å². The zero-order chi connectivity index (χ0) is 14.7. The lowest BCUT2D eigenvalue weighted by Crippen LogP contribution is -2.53. The van der Waals surface area contributed by atoms with Crippen molar-refractivity contribution < 1.29 is 9.53 Å². The minimum atomic E-state index is -0.527. The average molecular weight is 273 g/mol. The maximum atomic E-state index is 12.7. The number of Topliss-reactive ketones (excluding diaryl/α,β-unsaturated/α-hetero) is 1. The molecule has 2 heterocycles. The summed E-state index contributed by atoms with van der Waals surface area (Å²) in [5.41, 5.74) is 3.76. The van der Waals surface area contributed by atoms with E-state index in [1.54, 1.807) is 0 Å². The first-order valence-electron chi connectivity index (χ1n) is 7.44. The highest BCUT2D eigenvalue weighted by molar-refractivity contribution is 6.03. The van der Waals surface area contributed by atoms with Crippen molar-refractivity contribution in [1.29, 1.82) is 0 Å². The molecule has 1 aromatic rings. The van der Waals surface area contributed by atoms with Gasteiger partial charge in [0.2, 0.25) is 0 Å². The number of ketones is 1. The van der Waals surface area contributed by atoms with E-state index in [2.05, 4.69) is 18.3 Å². The van der Waals surface area contributed by atoms with Gasteiger partial charge in [-0.1, -0.05) is 6.92 Å². The van der Waals surface area contributed by atoms with Crippen LogP contribution in [0.15, 0.2) is 6.07 Å². The molecule has 3 heteroatoms. The summed E-state index contributed by atoms with van der Waals surface area (Å²) in [4.78, 5) is 12.7. The highest BCUT2D eigenvalue weighted by Crippen LogP contribution is 2.47. The number of benzene rings is 1. The van der Waals surface area contributed by atoms with E-state index in [1.165, 1.54) is 11.1 Å². The standard InChI is InChI=1S/C17H23NO2/c1-6-10-9-12-13(11-7-8-20-14(10)11)18-17(4,5)15(19)16(12,2)3/h9,18H,6-8H2,1-5H3. The molecule has 0 unspecified atom stereocenters. The minimum Gasteiger partial charge on any atom is -0.493 e. The summed E-state index contributed by atoms with van der Waals surface area (Å²) in [7, 11) is 0. The fourth-order valence-corrected chi connectivity index (χ4v) is 3.63. The average Bonchev–Trinajstić information content (AvgIpc) is 2.85. The van der Waals surface area contributed by atoms with E-state index >= 15 is 0 Å². The number of nitrogens with one attached hydrogen (secondary N) is 1. The molecule has 0 saturated carbocycles. The van der Waals surface area contributed by atoms with Gasteiger partial charge in [-0.15, -0.1) is 0 Å². The third kappa shape index (κ3) is 1.62. The van der Waals surface area contributed by atoms with Crippen molar-refractivity contribution in [2.75, 3.05) is 11.9 Å². The second kappa shape index (κ2) is 4.00. The number of hydrogen-bond donors (Lipinski definition) is 1. The molecule has 0 spiro atoms. The Balaban J connectivity index is 2.30. The van der Waals surface area contributed by atoms with Crippen LogP contribution in [-0.4, -0.2) is 17.9 Å². The van der Waals surface area contributed by atoms with Crippen LogP contribution in [0, 0.1) is 0 Å². The Bertz CT molecular complexity index is 599. The van der Waals surface area contributed by atoms with Gasteiger partial charge in [-0.3, -0.25) is 4.79 Å². The predicted molar refractivity (Wildman–Crippen MR) is 80.8 cm³/mol. The van der Waals surface area contributed by atoms with Gasteiger partial charge in [-0.25, -0.2) is 0 Å². The number of fused-ring (bicyclic) bond motifs is 3. The van der Waals surface area contributed by atoms with E-state index in [1.807, 2.05) is 27.7 Å². The number of anilines is 1. The maximum absolute atomic E-state index is 12.7. The number of carbonyl (C=O) groups is 1. The smallest absolute Gasteiger partial charge is 0.167 e. The zero-order valence-corrected chi connectivity index (χ0v) is 13.0. The molecular weight excluding hydrogens is 250 g/mol. The molecule has 0 fully saturated rings. The van der Waals surface area contributed by atoms with Gasteiger partial charge >= 0.3 is 0 Å². The molecule has 0 saturated heterocycles. The number of carbonyl (C=O) groups excluding carboxylic acids is 1. The molecule has 1 aromatic carbocycles. The van der Waals surface area contributed by atoms with Crippen LogP contribution >= 0.6 is 0 Å². The van der Waals surface area contributed by atoms with Crippen molar-refractivity contribution in [1.82, 2.24) is 0 Å². The van der Waals surface area contributed by atoms with Crippen molar-refractivity contribution in [2.24, 2.45) is 0 Å². The molecule has 0 atom stereocenters. The molecule has 20 heavy (non-hydrogen) atoms. The number of rotatable bonds is 1. The highest BCUT2D eigenvalue weighted by Gasteiger charge is 2.47. The van der Waals surface area contributed by atoms with Crippen molar-refractivity contribution in [3.05, 3.63) is 22.8 Å². The van der Waals surface area contributed by atoms with Crippen LogP contribution in [0.4, 0.5) is 5.69 Å². The molecule has 0 aliphatic carbocycles. The second-order valence-electron chi connectivity index (χ2n) is 6.92. The fraction of sp³-hybridized carbons (Fsp3) is 0.588. The van der Waals surface area contributed by atoms with Crippen LogP contribution < -0.4 is 10.1 Å². The first-order chi connectivity index (χ1) is 9.29. The Hall–Kier alpha value is -1.51. The first kappa shape index (κ1) is 13.5. The van der Waals surface area contributed by atoms with Crippen molar-refractivity contribution in [2.45, 2.75) is 58.4 Å². The lowest BCUT2D eigenvalue weighted by atomic mass is 9.68. The third-order valence-electron chi connectivity index (χ3n) is 4.68. The maximum Gasteiger partial charge on any atom is 0.167 e. The topological polar surface area (TPSA) is 38.3 Å². The van der Waals surface area contributed by atoms with Crippen LogP contribution in [0.2, 0.25) is 0 Å². The lowest BCUT2D eigenvalue weighted by molar-refractivity contribution is -0.127. The Kier molecular flexibility index (Phi) is 2.69. The van der Waals surface area contributed by atoms with Gasteiger partial charge in [0.25, 0.3) is 0 Å². The Labute approximate surface area is 120 Å². The Morgan fingerprint density at radius 3 is 2.65 bits per heavy atom. The van der Waals surface area contributed by atoms with E-state index in [-0.39, 0.29) is 5.78 Å². The summed E-state index contributed by atoms with van der Waals surface area (Å²) in [6.07, 6.45) is 1.86. The number of ether oxygens (including phenoxy) is 1. The minimum absolute atomic E-state index is 0.249. The summed E-state index contributed by atoms with van der Waals surface area (Å²) in [5, 5.41) is 3.46. The Morgan fingerprint density at radius 1 is 1.30 bits per heavy atom. The second-order valence-corrected chi connectivity index (χ2v) is 6.92. The molecule has 3 nitrogen and oxygen atoms in total. The summed E-state index contributed by atoms with van der Waals surface area (Å²) in [6, 6.07) is 2.17. The predicted octanol–water partition coefficient (Wildman–Crippen LogP) is 3.23. The van der Waals surface area contributed by atoms with Crippen molar-refractivity contribution in [3.63, 3.8) is 0 Å². The van der Waals surface area contributed by atoms with Crippen LogP contribution in [0.3, 0.4) is 0 Å². The van der Waals surface area contributed by atoms with Gasteiger partial charge in [0.15, 0.2) is 5.78 Å². The van der Waals surface area contributed by atoms with Crippen molar-refractivity contribution in [3.8, 4) is 5.75 Å². The van der Waals surface area contributed by atoms with Crippen LogP contribution in [-0.2, 0) is 23.1 Å². The summed E-state index contributed by atoms with van der Waals surface area (Å²) in [5.74, 6) is 1.29. The molecule has 0 radical (unpaired) electrons. The molecule has 1 N–H and O–H groups in total. The molecule has 0 amide bonds. The van der Waals surface area contributed by atoms with Gasteiger partial charge < -0.3 is 10.1 Å². The largest absolute Gasteiger partial charge is 0.493 e. The van der Waals surface area contributed by atoms with E-state index in [9.17, 15) is 4.79 Å². The number of hydrogen-bond acceptors (Lipinski definition) is 3. The van der Waals surface area contributed by atoms with Crippen LogP contribution in [0.1, 0.15) is 51.3 Å². The molecule has 0 bridgehead atoms. The fourth-order valence-electron chi connectivity index (χ4n) is 3.63. The van der Waals surface area contributed by atoms with E-state index < -0.39 is 11.0 Å². The monoisotopic (exact) mass is 273 g/mol. The SMILES string of the molecule is CCc1cc2c(c3c1OCC3)NC(C)(C)C(=O)C2(C)C. The van der Waals surface area contributed by atoms with Gasteiger partial charge in [0.05, 0.1) is 17.6 Å². The molecule has 2 aliphatic rings. The molecule has 108 valence electrons. The molecule has 2 aliphatic heterocycles. The van der Waals surface area contributed by atoms with Crippen molar-refractivity contribution >= 4 is 11.5 Å². The highest BCUT2D eigenvalue weighted by atomic mass is 16.5. The third-order valence-corrected chi connectivity index (χ3v) is 4.68. The van der Waals surface area contributed by atoms with E-state index in [0.717, 1.165) is 36.4 Å². The van der Waals surface area contributed by atoms with Gasteiger partial charge in [0, 0.05) is 17.7 Å². The van der Waals surface area contributed by atoms with Gasteiger partial charge in [0.1, 0.15) is 5.75 Å². The quantitative estimate of drug-likeness (QED) is 0.853. The summed E-state index contributed by atoms with van der Waals surface area (Å²) >= 11 is 0. The summed E-state index contributed by atoms with van der Waals surface area (Å²) in [6.45, 7) is 10.9. The van der Waals surface area contributed by atoms with E-state index in [0.29, 0.717) is 0 Å². The molecule has 3 rings (SSSR count). The lowest BCUT2D eigenvalue weighted by Gasteiger charge is -2.43. The Morgan fingerprint density at radius 2 is 2.00 bits per heavy atom. The number of aryl methyl sites for hydroxylation is 1. The molecule has 0 aromatic heterocycles. The normalized spacial score (nSPS) is 21.8. The van der Waals surface area contributed by atoms with Crippen LogP contribution in [0.5, 0.6) is 5.75 Å². The summed E-state index contributed by atoms with van der Waals surface area (Å²) < 4.78 is 5.82. The van der Waals surface area contributed by atoms with Gasteiger partial charge in [-0.05, 0) is 51.3 Å².